The second-order valence-electron chi connectivity index (χ2n) is 8.47. The van der Waals surface area contributed by atoms with Gasteiger partial charge in [0.1, 0.15) is 6.10 Å². The normalized spacial score (nSPS) is 46.2. The molecule has 0 spiro atoms. The molecule has 5 aliphatic rings. The van der Waals surface area contributed by atoms with E-state index in [2.05, 4.69) is 41.6 Å². The predicted molar refractivity (Wildman–Crippen MR) is 93.6 cm³/mol. The van der Waals surface area contributed by atoms with Gasteiger partial charge in [0.15, 0.2) is 4.32 Å². The first-order valence-electron chi connectivity index (χ1n) is 8.50. The van der Waals surface area contributed by atoms with Crippen LogP contribution in [0.15, 0.2) is 11.6 Å². The Kier molecular flexibility index (Phi) is 3.62. The minimum absolute atomic E-state index is 0.0638. The van der Waals surface area contributed by atoms with Gasteiger partial charge in [-0.2, -0.15) is 0 Å². The number of ether oxygens (including phenoxy) is 3. The molecule has 3 heterocycles. The maximum Gasteiger partial charge on any atom is 0.326 e. The number of hydrogen-bond acceptors (Lipinski definition) is 5. The number of carbonyl (C=O) groups excluding carboxylic acids is 2. The van der Waals surface area contributed by atoms with E-state index in [9.17, 15) is 9.59 Å². The maximum absolute atomic E-state index is 12.6. The van der Waals surface area contributed by atoms with Crippen molar-refractivity contribution in [2.24, 2.45) is 17.8 Å². The van der Waals surface area contributed by atoms with Crippen LogP contribution in [0.4, 0.5) is 0 Å². The third-order valence-electron chi connectivity index (χ3n) is 6.25. The summed E-state index contributed by atoms with van der Waals surface area (Å²) in [6.07, 6.45) is 2.32. The first kappa shape index (κ1) is 16.8. The van der Waals surface area contributed by atoms with Crippen LogP contribution in [0.25, 0.3) is 0 Å². The summed E-state index contributed by atoms with van der Waals surface area (Å²) in [6, 6.07) is 0. The monoisotopic (exact) mass is 414 g/mol. The van der Waals surface area contributed by atoms with Crippen molar-refractivity contribution >= 4 is 35.9 Å². The quantitative estimate of drug-likeness (QED) is 0.300. The first-order valence-corrected chi connectivity index (χ1v) is 12.9. The van der Waals surface area contributed by atoms with Crippen LogP contribution in [-0.2, 0) is 23.8 Å². The summed E-state index contributed by atoms with van der Waals surface area (Å²) in [5.41, 5.74) is 1.28. The van der Waals surface area contributed by atoms with Crippen LogP contribution in [0.2, 0.25) is 25.2 Å². The molecule has 4 bridgehead atoms. The van der Waals surface area contributed by atoms with E-state index >= 15 is 0 Å². The summed E-state index contributed by atoms with van der Waals surface area (Å²) in [5, 5.41) is 0. The average molecular weight is 415 g/mol. The van der Waals surface area contributed by atoms with Crippen molar-refractivity contribution in [3.05, 3.63) is 11.6 Å². The Bertz CT molecular complexity index is 641. The predicted octanol–water partition coefficient (Wildman–Crippen LogP) is 2.52. The Hall–Kier alpha value is -0.663. The average Bonchev–Trinajstić information content (AvgIpc) is 2.51. The molecule has 24 heavy (non-hydrogen) atoms. The summed E-state index contributed by atoms with van der Waals surface area (Å²) >= 11 is 3.72. The van der Waals surface area contributed by atoms with Gasteiger partial charge in [0, 0.05) is 20.4 Å². The molecule has 7 heteroatoms. The Morgan fingerprint density at radius 3 is 2.75 bits per heavy atom. The number of fused-ring (bicyclic) bond motifs is 1. The second kappa shape index (κ2) is 5.17. The van der Waals surface area contributed by atoms with Crippen molar-refractivity contribution in [2.75, 3.05) is 13.7 Å². The van der Waals surface area contributed by atoms with Gasteiger partial charge in [-0.15, -0.1) is 0 Å². The zero-order chi connectivity index (χ0) is 17.4. The lowest BCUT2D eigenvalue weighted by atomic mass is 9.58. The van der Waals surface area contributed by atoms with Gasteiger partial charge in [0.25, 0.3) is 0 Å². The molecular formula is C17H23BrO5Si. The molecule has 2 aliphatic carbocycles. The molecule has 0 N–H and O–H groups in total. The summed E-state index contributed by atoms with van der Waals surface area (Å²) in [4.78, 5) is 25.1. The Balaban J connectivity index is 1.89. The highest BCUT2D eigenvalue weighted by Crippen LogP contribution is 2.63. The summed E-state index contributed by atoms with van der Waals surface area (Å²) < 4.78 is 16.1. The minimum Gasteiger partial charge on any atom is -0.469 e. The largest absolute Gasteiger partial charge is 0.469 e. The summed E-state index contributed by atoms with van der Waals surface area (Å²) in [5.74, 6) is -0.457. The fourth-order valence-electron chi connectivity index (χ4n) is 5.44. The molecule has 5 nitrogen and oxygen atoms in total. The van der Waals surface area contributed by atoms with Crippen molar-refractivity contribution in [2.45, 2.75) is 48.1 Å². The van der Waals surface area contributed by atoms with Gasteiger partial charge in [-0.3, -0.25) is 9.59 Å². The van der Waals surface area contributed by atoms with E-state index in [1.54, 1.807) is 0 Å². The molecule has 4 fully saturated rings. The lowest BCUT2D eigenvalue weighted by molar-refractivity contribution is -0.196. The lowest BCUT2D eigenvalue weighted by Crippen LogP contribution is -2.71. The first-order chi connectivity index (χ1) is 11.2. The van der Waals surface area contributed by atoms with Gasteiger partial charge in [-0.25, -0.2) is 0 Å². The number of rotatable bonds is 2. The third kappa shape index (κ3) is 2.01. The molecular weight excluding hydrogens is 392 g/mol. The molecule has 0 aromatic heterocycles. The standard InChI is InChI=1S/C17H23BrO5Si/c1-21-15(19)9-5-8-11-6-12-17(18,16(20)23-11)13(8)10(7-22-12)14(9)24(2,3)4/h5,9-14H,6-7H2,1-4H3/t9-,10?,11+,12+,13+,14-,17+/m1/s1. The van der Waals surface area contributed by atoms with E-state index in [1.165, 1.54) is 7.11 Å². The minimum atomic E-state index is -1.72. The Morgan fingerprint density at radius 2 is 2.12 bits per heavy atom. The maximum atomic E-state index is 12.6. The van der Waals surface area contributed by atoms with E-state index in [0.29, 0.717) is 13.0 Å². The van der Waals surface area contributed by atoms with E-state index in [-0.39, 0.29) is 47.4 Å². The van der Waals surface area contributed by atoms with E-state index in [0.717, 1.165) is 5.57 Å². The fourth-order valence-corrected chi connectivity index (χ4v) is 9.34. The van der Waals surface area contributed by atoms with Crippen LogP contribution >= 0.6 is 15.9 Å². The molecule has 0 aromatic rings. The highest BCUT2D eigenvalue weighted by Gasteiger charge is 2.70. The van der Waals surface area contributed by atoms with E-state index in [1.807, 2.05) is 0 Å². The van der Waals surface area contributed by atoms with Crippen LogP contribution in [-0.4, -0.2) is 50.3 Å². The topological polar surface area (TPSA) is 61.8 Å². The van der Waals surface area contributed by atoms with Crippen molar-refractivity contribution < 1.29 is 23.8 Å². The highest BCUT2D eigenvalue weighted by atomic mass is 79.9. The van der Waals surface area contributed by atoms with Gasteiger partial charge in [-0.05, 0) is 17.0 Å². The van der Waals surface area contributed by atoms with Gasteiger partial charge in [0.2, 0.25) is 0 Å². The summed E-state index contributed by atoms with van der Waals surface area (Å²) in [6.45, 7) is 7.43. The second-order valence-corrected chi connectivity index (χ2v) is 15.2. The summed E-state index contributed by atoms with van der Waals surface area (Å²) in [7, 11) is -0.270. The molecule has 0 radical (unpaired) electrons. The van der Waals surface area contributed by atoms with E-state index in [4.69, 9.17) is 14.2 Å². The van der Waals surface area contributed by atoms with Crippen molar-refractivity contribution in [1.82, 2.24) is 0 Å². The highest BCUT2D eigenvalue weighted by molar-refractivity contribution is 9.10. The van der Waals surface area contributed by atoms with Crippen molar-refractivity contribution in [1.29, 1.82) is 0 Å². The molecule has 132 valence electrons. The Morgan fingerprint density at radius 1 is 1.42 bits per heavy atom. The molecule has 3 aliphatic heterocycles. The molecule has 0 aromatic carbocycles. The zero-order valence-electron chi connectivity index (χ0n) is 14.4. The van der Waals surface area contributed by atoms with E-state index < -0.39 is 12.4 Å². The number of halogens is 1. The Labute approximate surface area is 151 Å². The molecule has 5 rings (SSSR count). The molecule has 3 saturated heterocycles. The van der Waals surface area contributed by atoms with Gasteiger partial charge in [-0.1, -0.05) is 41.6 Å². The van der Waals surface area contributed by atoms with Crippen LogP contribution in [0.1, 0.15) is 6.42 Å². The van der Waals surface area contributed by atoms with Gasteiger partial charge < -0.3 is 14.2 Å². The molecule has 1 unspecified atom stereocenters. The number of methoxy groups -OCH3 is 1. The molecule has 1 saturated carbocycles. The van der Waals surface area contributed by atoms with Crippen molar-refractivity contribution in [3.63, 3.8) is 0 Å². The molecule has 0 amide bonds. The lowest BCUT2D eigenvalue weighted by Gasteiger charge is -2.62. The van der Waals surface area contributed by atoms with Crippen LogP contribution < -0.4 is 0 Å². The smallest absolute Gasteiger partial charge is 0.326 e. The van der Waals surface area contributed by atoms with Crippen LogP contribution in [0.3, 0.4) is 0 Å². The van der Waals surface area contributed by atoms with Gasteiger partial charge in [0.05, 0.1) is 25.7 Å². The number of carbonyl (C=O) groups is 2. The number of esters is 2. The SMILES string of the molecule is COC(=O)[C@@H]1C=C2[C@@H]3C[C@@H]4OCC([C@H]2[C@]4(Br)C(=O)O3)[C@@H]1[Si](C)(C)C. The number of hydrogen-bond donors (Lipinski definition) is 0. The third-order valence-corrected chi connectivity index (χ3v) is 10.4. The van der Waals surface area contributed by atoms with Crippen LogP contribution in [0.5, 0.6) is 0 Å². The molecule has 7 atom stereocenters. The zero-order valence-corrected chi connectivity index (χ0v) is 17.0. The van der Waals surface area contributed by atoms with Crippen LogP contribution in [0, 0.1) is 17.8 Å². The number of alkyl halides is 1. The van der Waals surface area contributed by atoms with Crippen molar-refractivity contribution in [3.8, 4) is 0 Å². The fraction of sp³-hybridized carbons (Fsp3) is 0.765. The van der Waals surface area contributed by atoms with Gasteiger partial charge >= 0.3 is 11.9 Å².